The molecule has 0 aliphatic carbocycles. The number of hydrogen-bond acceptors (Lipinski definition) is 4. The molecule has 0 fully saturated rings. The van der Waals surface area contributed by atoms with Crippen molar-refractivity contribution in [1.29, 1.82) is 0 Å². The number of ether oxygens (including phenoxy) is 2. The molecule has 2 aromatic rings. The number of ketones is 1. The molecule has 0 unspecified atom stereocenters. The first-order valence-corrected chi connectivity index (χ1v) is 6.77. The maximum absolute atomic E-state index is 12.7. The van der Waals surface area contributed by atoms with Crippen molar-refractivity contribution in [1.82, 2.24) is 0 Å². The molecule has 0 radical (unpaired) electrons. The zero-order valence-corrected chi connectivity index (χ0v) is 12.4. The van der Waals surface area contributed by atoms with Gasteiger partial charge in [0.05, 0.1) is 18.8 Å². The third-order valence-electron chi connectivity index (χ3n) is 2.99. The summed E-state index contributed by atoms with van der Waals surface area (Å²) in [6.45, 7) is 3.86. The topological polar surface area (TPSA) is 61.5 Å². The van der Waals surface area contributed by atoms with Crippen LogP contribution >= 0.6 is 0 Å². The molecule has 0 saturated heterocycles. The van der Waals surface area contributed by atoms with Crippen LogP contribution in [0.5, 0.6) is 11.5 Å². The van der Waals surface area contributed by atoms with Crippen molar-refractivity contribution in [3.8, 4) is 11.5 Å². The minimum atomic E-state index is -0.181. The molecular weight excluding hydrogens is 266 g/mol. The summed E-state index contributed by atoms with van der Waals surface area (Å²) in [5.74, 6) is 0.946. The van der Waals surface area contributed by atoms with Crippen LogP contribution in [0.25, 0.3) is 0 Å². The largest absolute Gasteiger partial charge is 0.496 e. The number of nitrogen functional groups attached to an aromatic ring is 1. The minimum Gasteiger partial charge on any atom is -0.496 e. The lowest BCUT2D eigenvalue weighted by atomic mass is 10.0. The summed E-state index contributed by atoms with van der Waals surface area (Å²) in [4.78, 5) is 12.7. The molecule has 4 nitrogen and oxygen atoms in total. The fourth-order valence-electron chi connectivity index (χ4n) is 2.06. The van der Waals surface area contributed by atoms with Gasteiger partial charge in [-0.2, -0.15) is 0 Å². The van der Waals surface area contributed by atoms with Gasteiger partial charge in [-0.3, -0.25) is 4.79 Å². The lowest BCUT2D eigenvalue weighted by Gasteiger charge is -2.14. The molecule has 0 atom stereocenters. The molecule has 2 rings (SSSR count). The molecule has 0 aliphatic heterocycles. The van der Waals surface area contributed by atoms with Crippen LogP contribution in [-0.2, 0) is 0 Å². The van der Waals surface area contributed by atoms with Gasteiger partial charge in [0.25, 0.3) is 0 Å². The zero-order chi connectivity index (χ0) is 15.4. The molecule has 0 saturated carbocycles. The number of anilines is 1. The van der Waals surface area contributed by atoms with E-state index < -0.39 is 0 Å². The number of benzene rings is 2. The Morgan fingerprint density at radius 2 is 1.81 bits per heavy atom. The second-order valence-electron chi connectivity index (χ2n) is 4.95. The fourth-order valence-corrected chi connectivity index (χ4v) is 2.06. The van der Waals surface area contributed by atoms with E-state index in [0.29, 0.717) is 28.3 Å². The molecular formula is C17H19NO3. The predicted octanol–water partition coefficient (Wildman–Crippen LogP) is 3.30. The SMILES string of the molecule is COc1ccc(OC(C)C)cc1C(=O)c1ccccc1N. The van der Waals surface area contributed by atoms with Crippen LogP contribution in [0.4, 0.5) is 5.69 Å². The molecule has 0 spiro atoms. The first-order valence-electron chi connectivity index (χ1n) is 6.77. The molecule has 110 valence electrons. The van der Waals surface area contributed by atoms with Crippen molar-refractivity contribution in [2.45, 2.75) is 20.0 Å². The van der Waals surface area contributed by atoms with Crippen molar-refractivity contribution in [3.05, 3.63) is 53.6 Å². The van der Waals surface area contributed by atoms with E-state index in [4.69, 9.17) is 15.2 Å². The average molecular weight is 285 g/mol. The molecule has 0 heterocycles. The van der Waals surface area contributed by atoms with Crippen LogP contribution in [0.2, 0.25) is 0 Å². The highest BCUT2D eigenvalue weighted by Crippen LogP contribution is 2.28. The number of rotatable bonds is 5. The van der Waals surface area contributed by atoms with Gasteiger partial charge in [-0.1, -0.05) is 12.1 Å². The zero-order valence-electron chi connectivity index (χ0n) is 12.4. The predicted molar refractivity (Wildman–Crippen MR) is 83.0 cm³/mol. The summed E-state index contributed by atoms with van der Waals surface area (Å²) in [7, 11) is 1.53. The summed E-state index contributed by atoms with van der Waals surface area (Å²) >= 11 is 0. The first kappa shape index (κ1) is 14.9. The summed E-state index contributed by atoms with van der Waals surface area (Å²) in [5.41, 5.74) is 7.21. The van der Waals surface area contributed by atoms with Gasteiger partial charge < -0.3 is 15.2 Å². The Balaban J connectivity index is 2.46. The number of methoxy groups -OCH3 is 1. The number of para-hydroxylation sites is 1. The maximum atomic E-state index is 12.7. The minimum absolute atomic E-state index is 0.0307. The second kappa shape index (κ2) is 6.31. The standard InChI is InChI=1S/C17H19NO3/c1-11(2)21-12-8-9-16(20-3)14(10-12)17(19)13-6-4-5-7-15(13)18/h4-11H,18H2,1-3H3. The number of carbonyl (C=O) groups excluding carboxylic acids is 1. The molecule has 21 heavy (non-hydrogen) atoms. The molecule has 2 aromatic carbocycles. The summed E-state index contributed by atoms with van der Waals surface area (Å²) in [6, 6.07) is 12.2. The van der Waals surface area contributed by atoms with Crippen molar-refractivity contribution < 1.29 is 14.3 Å². The van der Waals surface area contributed by atoms with Crippen LogP contribution in [0, 0.1) is 0 Å². The van der Waals surface area contributed by atoms with Gasteiger partial charge in [0.2, 0.25) is 0 Å². The maximum Gasteiger partial charge on any atom is 0.198 e. The van der Waals surface area contributed by atoms with Crippen LogP contribution in [0.1, 0.15) is 29.8 Å². The molecule has 0 bridgehead atoms. The monoisotopic (exact) mass is 285 g/mol. The number of hydrogen-bond donors (Lipinski definition) is 1. The van der Waals surface area contributed by atoms with E-state index in [2.05, 4.69) is 0 Å². The normalized spacial score (nSPS) is 10.5. The van der Waals surface area contributed by atoms with Crippen molar-refractivity contribution in [2.24, 2.45) is 0 Å². The Kier molecular flexibility index (Phi) is 4.48. The van der Waals surface area contributed by atoms with Gasteiger partial charge in [0.1, 0.15) is 11.5 Å². The van der Waals surface area contributed by atoms with E-state index in [9.17, 15) is 4.79 Å². The summed E-state index contributed by atoms with van der Waals surface area (Å²) in [5, 5.41) is 0. The van der Waals surface area contributed by atoms with Crippen molar-refractivity contribution in [2.75, 3.05) is 12.8 Å². The third-order valence-corrected chi connectivity index (χ3v) is 2.99. The first-order chi connectivity index (χ1) is 10.0. The van der Waals surface area contributed by atoms with Gasteiger partial charge in [-0.05, 0) is 44.2 Å². The smallest absolute Gasteiger partial charge is 0.198 e. The fraction of sp³-hybridized carbons (Fsp3) is 0.235. The second-order valence-corrected chi connectivity index (χ2v) is 4.95. The molecule has 2 N–H and O–H groups in total. The Hall–Kier alpha value is -2.49. The Bertz CT molecular complexity index is 650. The van der Waals surface area contributed by atoms with E-state index >= 15 is 0 Å². The summed E-state index contributed by atoms with van der Waals surface area (Å²) in [6.07, 6.45) is 0.0307. The van der Waals surface area contributed by atoms with Crippen LogP contribution < -0.4 is 15.2 Å². The van der Waals surface area contributed by atoms with E-state index in [-0.39, 0.29) is 11.9 Å². The highest BCUT2D eigenvalue weighted by molar-refractivity contribution is 6.13. The van der Waals surface area contributed by atoms with Crippen molar-refractivity contribution in [3.63, 3.8) is 0 Å². The van der Waals surface area contributed by atoms with E-state index in [1.165, 1.54) is 7.11 Å². The highest BCUT2D eigenvalue weighted by atomic mass is 16.5. The van der Waals surface area contributed by atoms with Crippen LogP contribution in [-0.4, -0.2) is 19.0 Å². The number of nitrogens with two attached hydrogens (primary N) is 1. The highest BCUT2D eigenvalue weighted by Gasteiger charge is 2.17. The molecule has 0 amide bonds. The summed E-state index contributed by atoms with van der Waals surface area (Å²) < 4.78 is 10.9. The van der Waals surface area contributed by atoms with Gasteiger partial charge in [-0.15, -0.1) is 0 Å². The van der Waals surface area contributed by atoms with E-state index in [0.717, 1.165) is 0 Å². The van der Waals surface area contributed by atoms with E-state index in [1.54, 1.807) is 42.5 Å². The quantitative estimate of drug-likeness (QED) is 0.676. The van der Waals surface area contributed by atoms with Gasteiger partial charge in [-0.25, -0.2) is 0 Å². The van der Waals surface area contributed by atoms with Gasteiger partial charge in [0.15, 0.2) is 5.78 Å². The Morgan fingerprint density at radius 3 is 2.43 bits per heavy atom. The van der Waals surface area contributed by atoms with Crippen LogP contribution in [0.3, 0.4) is 0 Å². The van der Waals surface area contributed by atoms with Gasteiger partial charge >= 0.3 is 0 Å². The lowest BCUT2D eigenvalue weighted by molar-refractivity contribution is 0.103. The Labute approximate surface area is 124 Å². The molecule has 0 aliphatic rings. The molecule has 4 heteroatoms. The Morgan fingerprint density at radius 1 is 1.10 bits per heavy atom. The van der Waals surface area contributed by atoms with E-state index in [1.807, 2.05) is 13.8 Å². The number of carbonyl (C=O) groups is 1. The van der Waals surface area contributed by atoms with Crippen molar-refractivity contribution >= 4 is 11.5 Å². The van der Waals surface area contributed by atoms with Crippen LogP contribution in [0.15, 0.2) is 42.5 Å². The average Bonchev–Trinajstić information content (AvgIpc) is 2.46. The van der Waals surface area contributed by atoms with Gasteiger partial charge in [0, 0.05) is 11.3 Å². The molecule has 0 aromatic heterocycles. The third kappa shape index (κ3) is 3.34. The lowest BCUT2D eigenvalue weighted by Crippen LogP contribution is -2.09.